The molecular formula is C26H27NO5. The van der Waals surface area contributed by atoms with Crippen molar-refractivity contribution in [3.8, 4) is 22.6 Å². The molecular weight excluding hydrogens is 406 g/mol. The van der Waals surface area contributed by atoms with E-state index in [9.17, 15) is 14.7 Å². The molecule has 3 aromatic carbocycles. The number of ether oxygens (including phenoxy) is 2. The summed E-state index contributed by atoms with van der Waals surface area (Å²) in [5.41, 5.74) is 2.36. The summed E-state index contributed by atoms with van der Waals surface area (Å²) in [5, 5.41) is 12.1. The Balaban J connectivity index is 1.48. The highest BCUT2D eigenvalue weighted by atomic mass is 16.5. The third-order valence-electron chi connectivity index (χ3n) is 4.90. The second-order valence-corrected chi connectivity index (χ2v) is 7.93. The topological polar surface area (TPSA) is 84.9 Å². The molecule has 0 radical (unpaired) electrons. The van der Waals surface area contributed by atoms with Crippen molar-refractivity contribution in [1.29, 1.82) is 0 Å². The highest BCUT2D eigenvalue weighted by Gasteiger charge is 2.29. The summed E-state index contributed by atoms with van der Waals surface area (Å²) in [6, 6.07) is 22.9. The lowest BCUT2D eigenvalue weighted by atomic mass is 10.1. The van der Waals surface area contributed by atoms with E-state index in [1.165, 1.54) is 13.8 Å². The van der Waals surface area contributed by atoms with Gasteiger partial charge in [0.15, 0.2) is 5.60 Å². The molecule has 0 bridgehead atoms. The van der Waals surface area contributed by atoms with Gasteiger partial charge in [0.1, 0.15) is 11.5 Å². The molecule has 0 atom stereocenters. The van der Waals surface area contributed by atoms with E-state index in [1.54, 1.807) is 18.2 Å². The van der Waals surface area contributed by atoms with Crippen LogP contribution in [0.1, 0.15) is 25.8 Å². The van der Waals surface area contributed by atoms with E-state index in [0.29, 0.717) is 11.5 Å². The minimum Gasteiger partial charge on any atom is -0.493 e. The summed E-state index contributed by atoms with van der Waals surface area (Å²) < 4.78 is 11.2. The van der Waals surface area contributed by atoms with Crippen LogP contribution in [0.25, 0.3) is 11.1 Å². The Hall–Kier alpha value is -3.80. The SMILES string of the molecule is Cc1cc(OCCC(=O)Nc2ccc(-c3ccccc3)cc2)ccc1OC(C)(C)C(=O)O. The first kappa shape index (κ1) is 22.9. The van der Waals surface area contributed by atoms with Crippen LogP contribution in [0.2, 0.25) is 0 Å². The van der Waals surface area contributed by atoms with Crippen molar-refractivity contribution in [3.63, 3.8) is 0 Å². The van der Waals surface area contributed by atoms with Gasteiger partial charge < -0.3 is 19.9 Å². The smallest absolute Gasteiger partial charge is 0.347 e. The van der Waals surface area contributed by atoms with Gasteiger partial charge in [-0.3, -0.25) is 4.79 Å². The largest absolute Gasteiger partial charge is 0.493 e. The Morgan fingerprint density at radius 3 is 2.22 bits per heavy atom. The highest BCUT2D eigenvalue weighted by molar-refractivity contribution is 5.91. The van der Waals surface area contributed by atoms with E-state index in [2.05, 4.69) is 5.32 Å². The van der Waals surface area contributed by atoms with Crippen LogP contribution in [-0.4, -0.2) is 29.2 Å². The Bertz CT molecular complexity index is 1080. The summed E-state index contributed by atoms with van der Waals surface area (Å²) in [5.74, 6) is -0.125. The Kier molecular flexibility index (Phi) is 7.15. The fourth-order valence-corrected chi connectivity index (χ4v) is 3.01. The van der Waals surface area contributed by atoms with Gasteiger partial charge in [-0.25, -0.2) is 4.79 Å². The zero-order valence-corrected chi connectivity index (χ0v) is 18.4. The molecule has 0 heterocycles. The third kappa shape index (κ3) is 6.11. The predicted octanol–water partition coefficient (Wildman–Crippen LogP) is 5.31. The quantitative estimate of drug-likeness (QED) is 0.478. The van der Waals surface area contributed by atoms with E-state index in [1.807, 2.05) is 61.5 Å². The summed E-state index contributed by atoms with van der Waals surface area (Å²) in [6.07, 6.45) is 0.198. The van der Waals surface area contributed by atoms with E-state index in [0.717, 1.165) is 22.4 Å². The van der Waals surface area contributed by atoms with Gasteiger partial charge in [0.05, 0.1) is 13.0 Å². The normalized spacial score (nSPS) is 11.0. The molecule has 32 heavy (non-hydrogen) atoms. The first-order chi connectivity index (χ1) is 15.2. The van der Waals surface area contributed by atoms with Crippen LogP contribution < -0.4 is 14.8 Å². The van der Waals surface area contributed by atoms with Crippen molar-refractivity contribution in [2.24, 2.45) is 0 Å². The number of carboxylic acids is 1. The maximum atomic E-state index is 12.2. The number of carbonyl (C=O) groups is 2. The summed E-state index contributed by atoms with van der Waals surface area (Å²) in [6.45, 7) is 5.01. The number of anilines is 1. The van der Waals surface area contributed by atoms with Crippen LogP contribution in [0.5, 0.6) is 11.5 Å². The Morgan fingerprint density at radius 1 is 0.938 bits per heavy atom. The Labute approximate surface area is 187 Å². The van der Waals surface area contributed by atoms with Crippen LogP contribution in [-0.2, 0) is 9.59 Å². The number of nitrogens with one attached hydrogen (secondary N) is 1. The minimum atomic E-state index is -1.33. The maximum absolute atomic E-state index is 12.2. The number of hydrogen-bond donors (Lipinski definition) is 2. The molecule has 0 fully saturated rings. The van der Waals surface area contributed by atoms with Crippen molar-refractivity contribution < 1.29 is 24.2 Å². The van der Waals surface area contributed by atoms with Crippen molar-refractivity contribution >= 4 is 17.6 Å². The Morgan fingerprint density at radius 2 is 1.59 bits per heavy atom. The number of hydrogen-bond acceptors (Lipinski definition) is 4. The van der Waals surface area contributed by atoms with E-state index < -0.39 is 11.6 Å². The van der Waals surface area contributed by atoms with Crippen LogP contribution in [0, 0.1) is 6.92 Å². The molecule has 0 aliphatic carbocycles. The van der Waals surface area contributed by atoms with Gasteiger partial charge in [0, 0.05) is 5.69 Å². The molecule has 166 valence electrons. The van der Waals surface area contributed by atoms with Crippen LogP contribution >= 0.6 is 0 Å². The van der Waals surface area contributed by atoms with Gasteiger partial charge in [0.2, 0.25) is 5.91 Å². The number of aliphatic carboxylic acids is 1. The molecule has 0 saturated heterocycles. The second-order valence-electron chi connectivity index (χ2n) is 7.93. The summed E-state index contributed by atoms with van der Waals surface area (Å²) >= 11 is 0. The summed E-state index contributed by atoms with van der Waals surface area (Å²) in [4.78, 5) is 23.5. The van der Waals surface area contributed by atoms with Gasteiger partial charge >= 0.3 is 5.97 Å². The van der Waals surface area contributed by atoms with Crippen molar-refractivity contribution in [1.82, 2.24) is 0 Å². The lowest BCUT2D eigenvalue weighted by Gasteiger charge is -2.23. The fourth-order valence-electron chi connectivity index (χ4n) is 3.01. The first-order valence-electron chi connectivity index (χ1n) is 10.4. The molecule has 0 aliphatic heterocycles. The molecule has 0 unspecified atom stereocenters. The number of carbonyl (C=O) groups excluding carboxylic acids is 1. The second kappa shape index (κ2) is 10.0. The number of benzene rings is 3. The number of carboxylic acid groups (broad SMARTS) is 1. The zero-order chi connectivity index (χ0) is 23.1. The van der Waals surface area contributed by atoms with Gasteiger partial charge in [-0.05, 0) is 67.8 Å². The average Bonchev–Trinajstić information content (AvgIpc) is 2.76. The van der Waals surface area contributed by atoms with Crippen LogP contribution in [0.15, 0.2) is 72.8 Å². The van der Waals surface area contributed by atoms with Crippen LogP contribution in [0.3, 0.4) is 0 Å². The highest BCUT2D eigenvalue weighted by Crippen LogP contribution is 2.27. The van der Waals surface area contributed by atoms with Gasteiger partial charge in [-0.1, -0.05) is 42.5 Å². The van der Waals surface area contributed by atoms with E-state index in [4.69, 9.17) is 9.47 Å². The van der Waals surface area contributed by atoms with Gasteiger partial charge in [-0.15, -0.1) is 0 Å². The van der Waals surface area contributed by atoms with Gasteiger partial charge in [-0.2, -0.15) is 0 Å². The van der Waals surface area contributed by atoms with Crippen molar-refractivity contribution in [3.05, 3.63) is 78.4 Å². The maximum Gasteiger partial charge on any atom is 0.347 e. The molecule has 3 rings (SSSR count). The molecule has 6 heteroatoms. The van der Waals surface area contributed by atoms with Gasteiger partial charge in [0.25, 0.3) is 0 Å². The number of aryl methyl sites for hydroxylation is 1. The predicted molar refractivity (Wildman–Crippen MR) is 124 cm³/mol. The van der Waals surface area contributed by atoms with Crippen LogP contribution in [0.4, 0.5) is 5.69 Å². The summed E-state index contributed by atoms with van der Waals surface area (Å²) in [7, 11) is 0. The molecule has 0 aliphatic rings. The average molecular weight is 434 g/mol. The molecule has 1 amide bonds. The minimum absolute atomic E-state index is 0.141. The first-order valence-corrected chi connectivity index (χ1v) is 10.4. The van der Waals surface area contributed by atoms with E-state index in [-0.39, 0.29) is 18.9 Å². The molecule has 2 N–H and O–H groups in total. The third-order valence-corrected chi connectivity index (χ3v) is 4.90. The monoisotopic (exact) mass is 433 g/mol. The fraction of sp³-hybridized carbons (Fsp3) is 0.231. The zero-order valence-electron chi connectivity index (χ0n) is 18.4. The lowest BCUT2D eigenvalue weighted by molar-refractivity contribution is -0.152. The standard InChI is InChI=1S/C26H27NO5/c1-18-17-22(13-14-23(18)32-26(2,3)25(29)30)31-16-15-24(28)27-21-11-9-20(10-12-21)19-7-5-4-6-8-19/h4-14,17H,15-16H2,1-3H3,(H,27,28)(H,29,30). The number of rotatable bonds is 9. The number of amides is 1. The molecule has 0 spiro atoms. The molecule has 6 nitrogen and oxygen atoms in total. The molecule has 0 saturated carbocycles. The van der Waals surface area contributed by atoms with E-state index >= 15 is 0 Å². The van der Waals surface area contributed by atoms with Crippen molar-refractivity contribution in [2.75, 3.05) is 11.9 Å². The molecule has 3 aromatic rings. The lowest BCUT2D eigenvalue weighted by Crippen LogP contribution is -2.38. The molecule has 0 aromatic heterocycles. The van der Waals surface area contributed by atoms with Crippen molar-refractivity contribution in [2.45, 2.75) is 32.8 Å².